The van der Waals surface area contributed by atoms with Crippen molar-refractivity contribution < 1.29 is 5.11 Å². The van der Waals surface area contributed by atoms with Crippen LogP contribution in [-0.4, -0.2) is 33.7 Å². The van der Waals surface area contributed by atoms with Crippen molar-refractivity contribution in [3.63, 3.8) is 0 Å². The summed E-state index contributed by atoms with van der Waals surface area (Å²) in [4.78, 5) is 4.15. The number of nitrogens with one attached hydrogen (secondary N) is 1. The molecule has 0 spiro atoms. The van der Waals surface area contributed by atoms with Crippen LogP contribution in [0.2, 0.25) is 0 Å². The molecule has 1 aliphatic heterocycles. The Morgan fingerprint density at radius 3 is 3.14 bits per heavy atom. The summed E-state index contributed by atoms with van der Waals surface area (Å²) in [6.45, 7) is 0.597. The molecular formula is C8H11BrN2OS2. The third-order valence-corrected chi connectivity index (χ3v) is 4.80. The quantitative estimate of drug-likeness (QED) is 0.897. The van der Waals surface area contributed by atoms with E-state index in [4.69, 9.17) is 0 Å². The maximum atomic E-state index is 10.0. The molecule has 3 nitrogen and oxygen atoms in total. The van der Waals surface area contributed by atoms with E-state index in [1.54, 1.807) is 29.3 Å². The maximum absolute atomic E-state index is 10.0. The Balaban J connectivity index is 1.87. The van der Waals surface area contributed by atoms with Gasteiger partial charge in [0.2, 0.25) is 0 Å². The lowest BCUT2D eigenvalue weighted by atomic mass is 10.0. The highest BCUT2D eigenvalue weighted by atomic mass is 79.9. The minimum absolute atomic E-state index is 0.539. The summed E-state index contributed by atoms with van der Waals surface area (Å²) in [6.07, 6.45) is 2.64. The van der Waals surface area contributed by atoms with E-state index >= 15 is 0 Å². The average Bonchev–Trinajstić information content (AvgIpc) is 2.73. The van der Waals surface area contributed by atoms with E-state index < -0.39 is 5.60 Å². The summed E-state index contributed by atoms with van der Waals surface area (Å²) < 4.78 is 1.01. The molecule has 0 aliphatic carbocycles. The lowest BCUT2D eigenvalue weighted by molar-refractivity contribution is 0.0820. The molecule has 2 heterocycles. The van der Waals surface area contributed by atoms with Gasteiger partial charge in [0.05, 0.1) is 15.6 Å². The Labute approximate surface area is 99.4 Å². The summed E-state index contributed by atoms with van der Waals surface area (Å²) in [5.74, 6) is 1.88. The van der Waals surface area contributed by atoms with Gasteiger partial charge >= 0.3 is 0 Å². The minimum Gasteiger partial charge on any atom is -0.387 e. The first-order chi connectivity index (χ1) is 6.68. The Morgan fingerprint density at radius 2 is 2.57 bits per heavy atom. The van der Waals surface area contributed by atoms with Gasteiger partial charge in [-0.25, -0.2) is 4.98 Å². The van der Waals surface area contributed by atoms with Gasteiger partial charge in [-0.3, -0.25) is 0 Å². The number of halogens is 1. The van der Waals surface area contributed by atoms with Gasteiger partial charge in [-0.2, -0.15) is 11.8 Å². The molecule has 0 amide bonds. The fourth-order valence-corrected chi connectivity index (χ4v) is 3.71. The van der Waals surface area contributed by atoms with Gasteiger partial charge in [-0.1, -0.05) is 11.3 Å². The Hall–Kier alpha value is 0.220. The van der Waals surface area contributed by atoms with Gasteiger partial charge in [-0.15, -0.1) is 0 Å². The molecule has 6 heteroatoms. The fraction of sp³-hybridized carbons (Fsp3) is 0.625. The second kappa shape index (κ2) is 4.38. The Bertz CT molecular complexity index is 312. The molecule has 2 rings (SSSR count). The maximum Gasteiger partial charge on any atom is 0.183 e. The number of hydrogen-bond acceptors (Lipinski definition) is 5. The molecule has 14 heavy (non-hydrogen) atoms. The molecule has 1 aromatic heterocycles. The van der Waals surface area contributed by atoms with E-state index in [9.17, 15) is 5.11 Å². The number of aromatic nitrogens is 1. The molecule has 1 fully saturated rings. The lowest BCUT2D eigenvalue weighted by Crippen LogP contribution is -2.36. The molecule has 1 atom stereocenters. The third-order valence-electron chi connectivity index (χ3n) is 2.13. The van der Waals surface area contributed by atoms with Gasteiger partial charge in [-0.05, 0) is 28.1 Å². The van der Waals surface area contributed by atoms with Gasteiger partial charge < -0.3 is 10.4 Å². The number of hydrogen-bond donors (Lipinski definition) is 2. The molecule has 78 valence electrons. The second-order valence-corrected chi connectivity index (χ2v) is 6.87. The lowest BCUT2D eigenvalue weighted by Gasteiger charge is -2.20. The summed E-state index contributed by atoms with van der Waals surface area (Å²) in [5, 5.41) is 14.1. The van der Waals surface area contributed by atoms with Crippen molar-refractivity contribution in [2.24, 2.45) is 0 Å². The molecule has 1 saturated heterocycles. The smallest absolute Gasteiger partial charge is 0.183 e. The minimum atomic E-state index is -0.539. The van der Waals surface area contributed by atoms with E-state index in [1.165, 1.54) is 0 Å². The number of rotatable bonds is 3. The van der Waals surface area contributed by atoms with Crippen LogP contribution in [0.25, 0.3) is 0 Å². The molecule has 0 bridgehead atoms. The summed E-state index contributed by atoms with van der Waals surface area (Å²) >= 11 is 6.70. The predicted octanol–water partition coefficient (Wildman–Crippen LogP) is 2.19. The van der Waals surface area contributed by atoms with Crippen molar-refractivity contribution in [2.75, 3.05) is 23.4 Å². The SMILES string of the molecule is OC1(CNc2ncc(Br)s2)CCSC1. The molecule has 2 N–H and O–H groups in total. The first kappa shape index (κ1) is 10.7. The Kier molecular flexibility index (Phi) is 3.36. The van der Waals surface area contributed by atoms with Crippen LogP contribution in [0.4, 0.5) is 5.13 Å². The summed E-state index contributed by atoms with van der Waals surface area (Å²) in [7, 11) is 0. The predicted molar refractivity (Wildman–Crippen MR) is 65.2 cm³/mol. The van der Waals surface area contributed by atoms with Crippen molar-refractivity contribution in [1.29, 1.82) is 0 Å². The first-order valence-electron chi connectivity index (χ1n) is 4.33. The fourth-order valence-electron chi connectivity index (χ4n) is 1.31. The highest BCUT2D eigenvalue weighted by molar-refractivity contribution is 9.11. The Morgan fingerprint density at radius 1 is 1.71 bits per heavy atom. The van der Waals surface area contributed by atoms with Gasteiger partial charge in [0.1, 0.15) is 0 Å². The first-order valence-corrected chi connectivity index (χ1v) is 7.10. The van der Waals surface area contributed by atoms with Crippen LogP contribution in [-0.2, 0) is 0 Å². The van der Waals surface area contributed by atoms with Crippen molar-refractivity contribution >= 4 is 44.2 Å². The molecular weight excluding hydrogens is 284 g/mol. The van der Waals surface area contributed by atoms with Crippen molar-refractivity contribution in [2.45, 2.75) is 12.0 Å². The topological polar surface area (TPSA) is 45.1 Å². The molecule has 1 unspecified atom stereocenters. The zero-order chi connectivity index (χ0) is 10.0. The second-order valence-electron chi connectivity index (χ2n) is 3.35. The largest absolute Gasteiger partial charge is 0.387 e. The molecule has 0 radical (unpaired) electrons. The van der Waals surface area contributed by atoms with E-state index in [2.05, 4.69) is 26.2 Å². The van der Waals surface area contributed by atoms with Gasteiger partial charge in [0.25, 0.3) is 0 Å². The number of thioether (sulfide) groups is 1. The number of nitrogens with zero attached hydrogens (tertiary/aromatic N) is 1. The number of aliphatic hydroxyl groups is 1. The van der Waals surface area contributed by atoms with Crippen LogP contribution in [0.1, 0.15) is 6.42 Å². The van der Waals surface area contributed by atoms with Crippen LogP contribution < -0.4 is 5.32 Å². The zero-order valence-electron chi connectivity index (χ0n) is 7.49. The zero-order valence-corrected chi connectivity index (χ0v) is 10.7. The number of thiazole rings is 1. The van der Waals surface area contributed by atoms with Gasteiger partial charge in [0, 0.05) is 12.3 Å². The molecule has 0 aromatic carbocycles. The van der Waals surface area contributed by atoms with Crippen LogP contribution in [0.5, 0.6) is 0 Å². The standard InChI is InChI=1S/C8H11BrN2OS2/c9-6-3-10-7(14-6)11-4-8(12)1-2-13-5-8/h3,12H,1-2,4-5H2,(H,10,11). The van der Waals surface area contributed by atoms with Crippen LogP contribution in [0, 0.1) is 0 Å². The third kappa shape index (κ3) is 2.62. The van der Waals surface area contributed by atoms with Crippen molar-refractivity contribution in [1.82, 2.24) is 4.98 Å². The molecule has 1 aromatic rings. The normalized spacial score (nSPS) is 26.7. The van der Waals surface area contributed by atoms with Crippen molar-refractivity contribution in [3.05, 3.63) is 9.98 Å². The van der Waals surface area contributed by atoms with Gasteiger partial charge in [0.15, 0.2) is 5.13 Å². The van der Waals surface area contributed by atoms with Crippen LogP contribution >= 0.6 is 39.0 Å². The monoisotopic (exact) mass is 294 g/mol. The van der Waals surface area contributed by atoms with E-state index in [0.717, 1.165) is 26.8 Å². The molecule has 0 saturated carbocycles. The van der Waals surface area contributed by atoms with E-state index in [0.29, 0.717) is 6.54 Å². The highest BCUT2D eigenvalue weighted by Crippen LogP contribution is 2.29. The summed E-state index contributed by atoms with van der Waals surface area (Å²) in [5.41, 5.74) is -0.539. The average molecular weight is 295 g/mol. The number of anilines is 1. The van der Waals surface area contributed by atoms with Crippen molar-refractivity contribution in [3.8, 4) is 0 Å². The van der Waals surface area contributed by atoms with Crippen LogP contribution in [0.15, 0.2) is 9.98 Å². The highest BCUT2D eigenvalue weighted by Gasteiger charge is 2.31. The molecule has 1 aliphatic rings. The summed E-state index contributed by atoms with van der Waals surface area (Å²) in [6, 6.07) is 0. The van der Waals surface area contributed by atoms with Crippen LogP contribution in [0.3, 0.4) is 0 Å². The van der Waals surface area contributed by atoms with E-state index in [-0.39, 0.29) is 0 Å². The van der Waals surface area contributed by atoms with E-state index in [1.807, 2.05) is 0 Å².